The Bertz CT molecular complexity index is 146. The van der Waals surface area contributed by atoms with E-state index in [4.69, 9.17) is 5.11 Å². The van der Waals surface area contributed by atoms with Gasteiger partial charge in [0.15, 0.2) is 0 Å². The molecule has 0 fully saturated rings. The highest BCUT2D eigenvalue weighted by molar-refractivity contribution is 4.78. The van der Waals surface area contributed by atoms with Gasteiger partial charge in [-0.05, 0) is 6.92 Å². The molecule has 0 saturated heterocycles. The average molecular weight is 163 g/mol. The van der Waals surface area contributed by atoms with Gasteiger partial charge in [-0.25, -0.2) is 0 Å². The fourth-order valence-corrected chi connectivity index (χ4v) is 0.662. The van der Waals surface area contributed by atoms with Gasteiger partial charge in [-0.2, -0.15) is 0 Å². The lowest BCUT2D eigenvalue weighted by molar-refractivity contribution is -0.540. The number of rotatable bonds is 4. The Morgan fingerprint density at radius 3 is 2.45 bits per heavy atom. The van der Waals surface area contributed by atoms with Gasteiger partial charge >= 0.3 is 0 Å². The van der Waals surface area contributed by atoms with Crippen LogP contribution >= 0.6 is 0 Å². The Kier molecular flexibility index (Phi) is 3.41. The smallest absolute Gasteiger partial charge is 0.238 e. The zero-order valence-corrected chi connectivity index (χ0v) is 6.65. The van der Waals surface area contributed by atoms with Crippen molar-refractivity contribution in [3.63, 3.8) is 0 Å². The van der Waals surface area contributed by atoms with Crippen molar-refractivity contribution in [3.05, 3.63) is 10.1 Å². The maximum Gasteiger partial charge on any atom is 0.238 e. The molecule has 0 rings (SSSR count). The molecule has 66 valence electrons. The maximum atomic E-state index is 10.2. The molecule has 0 aromatic heterocycles. The van der Waals surface area contributed by atoms with Gasteiger partial charge in [0.05, 0.1) is 0 Å². The van der Waals surface area contributed by atoms with Gasteiger partial charge in [0.2, 0.25) is 6.04 Å². The Hall–Kier alpha value is -0.680. The highest BCUT2D eigenvalue weighted by Crippen LogP contribution is 2.15. The summed E-state index contributed by atoms with van der Waals surface area (Å²) in [7, 11) is 0. The summed E-state index contributed by atoms with van der Waals surface area (Å²) in [6.45, 7) is 2.41. The van der Waals surface area contributed by atoms with E-state index in [2.05, 4.69) is 0 Å². The first kappa shape index (κ1) is 10.3. The van der Waals surface area contributed by atoms with Gasteiger partial charge in [0.1, 0.15) is 5.60 Å². The fourth-order valence-electron chi connectivity index (χ4n) is 0.662. The summed E-state index contributed by atoms with van der Waals surface area (Å²) in [6.07, 6.45) is 0.0230. The molecule has 11 heavy (non-hydrogen) atoms. The molecular formula is C6H13NO4. The Labute approximate surface area is 64.8 Å². The predicted molar refractivity (Wildman–Crippen MR) is 38.8 cm³/mol. The standard InChI is InChI=1S/C6H13NO4/c1-5(7(10)11)6(2,9)3-4-8/h5,8-9H,3-4H2,1-2H3. The molecule has 0 aromatic carbocycles. The van der Waals surface area contributed by atoms with E-state index in [1.807, 2.05) is 0 Å². The van der Waals surface area contributed by atoms with Crippen LogP contribution in [0.2, 0.25) is 0 Å². The van der Waals surface area contributed by atoms with E-state index in [9.17, 15) is 15.2 Å². The van der Waals surface area contributed by atoms with Gasteiger partial charge in [0, 0.05) is 24.9 Å². The largest absolute Gasteiger partial charge is 0.396 e. The third-order valence-electron chi connectivity index (χ3n) is 1.83. The van der Waals surface area contributed by atoms with E-state index < -0.39 is 16.6 Å². The maximum absolute atomic E-state index is 10.2. The monoisotopic (exact) mass is 163 g/mol. The first-order chi connectivity index (χ1) is 4.91. The molecular weight excluding hydrogens is 150 g/mol. The van der Waals surface area contributed by atoms with Crippen LogP contribution in [0.5, 0.6) is 0 Å². The second-order valence-corrected chi connectivity index (χ2v) is 2.79. The summed E-state index contributed by atoms with van der Waals surface area (Å²) in [4.78, 5) is 9.62. The number of hydrogen-bond donors (Lipinski definition) is 2. The van der Waals surface area contributed by atoms with Crippen molar-refractivity contribution in [2.24, 2.45) is 0 Å². The number of aliphatic hydroxyl groups is 2. The number of nitrogens with zero attached hydrogens (tertiary/aromatic N) is 1. The molecule has 2 N–H and O–H groups in total. The average Bonchev–Trinajstić information content (AvgIpc) is 1.86. The van der Waals surface area contributed by atoms with E-state index >= 15 is 0 Å². The topological polar surface area (TPSA) is 83.6 Å². The van der Waals surface area contributed by atoms with Crippen LogP contribution in [0.25, 0.3) is 0 Å². The van der Waals surface area contributed by atoms with Crippen molar-refractivity contribution in [2.45, 2.75) is 31.9 Å². The van der Waals surface area contributed by atoms with Crippen LogP contribution in [-0.2, 0) is 0 Å². The molecule has 0 aliphatic carbocycles. The lowest BCUT2D eigenvalue weighted by Crippen LogP contribution is -2.43. The Balaban J connectivity index is 4.16. The van der Waals surface area contributed by atoms with Crippen molar-refractivity contribution in [3.8, 4) is 0 Å². The van der Waals surface area contributed by atoms with Crippen LogP contribution in [-0.4, -0.2) is 33.4 Å². The fraction of sp³-hybridized carbons (Fsp3) is 1.00. The SMILES string of the molecule is CC([N+](=O)[O-])C(C)(O)CCO. The second-order valence-electron chi connectivity index (χ2n) is 2.79. The van der Waals surface area contributed by atoms with Crippen molar-refractivity contribution in [2.75, 3.05) is 6.61 Å². The van der Waals surface area contributed by atoms with E-state index in [0.717, 1.165) is 0 Å². The summed E-state index contributed by atoms with van der Waals surface area (Å²) in [5, 5.41) is 28.0. The van der Waals surface area contributed by atoms with Crippen molar-refractivity contribution in [1.82, 2.24) is 0 Å². The summed E-state index contributed by atoms with van der Waals surface area (Å²) >= 11 is 0. The first-order valence-corrected chi connectivity index (χ1v) is 3.38. The Morgan fingerprint density at radius 2 is 2.18 bits per heavy atom. The minimum atomic E-state index is -1.42. The number of hydrogen-bond acceptors (Lipinski definition) is 4. The van der Waals surface area contributed by atoms with Crippen LogP contribution in [0.1, 0.15) is 20.3 Å². The zero-order valence-electron chi connectivity index (χ0n) is 6.65. The molecule has 0 heterocycles. The molecule has 5 heteroatoms. The molecule has 2 unspecified atom stereocenters. The molecule has 2 atom stereocenters. The van der Waals surface area contributed by atoms with Crippen LogP contribution in [0.15, 0.2) is 0 Å². The number of aliphatic hydroxyl groups excluding tert-OH is 1. The van der Waals surface area contributed by atoms with E-state index in [1.54, 1.807) is 0 Å². The highest BCUT2D eigenvalue weighted by atomic mass is 16.6. The minimum absolute atomic E-state index is 0.0230. The third kappa shape index (κ3) is 2.81. The lowest BCUT2D eigenvalue weighted by Gasteiger charge is -2.22. The molecule has 0 bridgehead atoms. The van der Waals surface area contributed by atoms with Crippen molar-refractivity contribution >= 4 is 0 Å². The van der Waals surface area contributed by atoms with E-state index in [-0.39, 0.29) is 13.0 Å². The van der Waals surface area contributed by atoms with E-state index in [0.29, 0.717) is 0 Å². The molecule has 0 spiro atoms. The summed E-state index contributed by atoms with van der Waals surface area (Å²) < 4.78 is 0. The second kappa shape index (κ2) is 3.64. The van der Waals surface area contributed by atoms with Crippen LogP contribution < -0.4 is 0 Å². The van der Waals surface area contributed by atoms with Gasteiger partial charge in [0.25, 0.3) is 0 Å². The first-order valence-electron chi connectivity index (χ1n) is 3.38. The highest BCUT2D eigenvalue weighted by Gasteiger charge is 2.36. The molecule has 0 saturated carbocycles. The summed E-state index contributed by atoms with van der Waals surface area (Å²) in [5.41, 5.74) is -1.42. The minimum Gasteiger partial charge on any atom is -0.396 e. The normalized spacial score (nSPS) is 18.9. The molecule has 0 amide bonds. The van der Waals surface area contributed by atoms with Gasteiger partial charge < -0.3 is 10.2 Å². The summed E-state index contributed by atoms with van der Waals surface area (Å²) in [5.74, 6) is 0. The molecule has 0 aliphatic heterocycles. The van der Waals surface area contributed by atoms with Crippen LogP contribution in [0, 0.1) is 10.1 Å². The quantitative estimate of drug-likeness (QED) is 0.443. The molecule has 0 aromatic rings. The molecule has 0 aliphatic rings. The molecule has 0 radical (unpaired) electrons. The van der Waals surface area contributed by atoms with Gasteiger partial charge in [-0.3, -0.25) is 10.1 Å². The van der Waals surface area contributed by atoms with Crippen molar-refractivity contribution in [1.29, 1.82) is 0 Å². The van der Waals surface area contributed by atoms with Crippen molar-refractivity contribution < 1.29 is 15.1 Å². The van der Waals surface area contributed by atoms with E-state index in [1.165, 1.54) is 13.8 Å². The van der Waals surface area contributed by atoms with Gasteiger partial charge in [-0.15, -0.1) is 0 Å². The Morgan fingerprint density at radius 1 is 1.73 bits per heavy atom. The molecule has 5 nitrogen and oxygen atoms in total. The predicted octanol–water partition coefficient (Wildman–Crippen LogP) is -0.215. The zero-order chi connectivity index (χ0) is 9.07. The third-order valence-corrected chi connectivity index (χ3v) is 1.83. The lowest BCUT2D eigenvalue weighted by atomic mass is 9.95. The summed E-state index contributed by atoms with van der Waals surface area (Å²) in [6, 6.07) is -1.05. The number of nitro groups is 1. The van der Waals surface area contributed by atoms with Crippen LogP contribution in [0.3, 0.4) is 0 Å². The van der Waals surface area contributed by atoms with Gasteiger partial charge in [-0.1, -0.05) is 0 Å². The van der Waals surface area contributed by atoms with Crippen LogP contribution in [0.4, 0.5) is 0 Å².